The van der Waals surface area contributed by atoms with Crippen LogP contribution in [0.5, 0.6) is 5.75 Å². The molecule has 0 aliphatic carbocycles. The van der Waals surface area contributed by atoms with Gasteiger partial charge >= 0.3 is 5.91 Å². The third-order valence-corrected chi connectivity index (χ3v) is 6.78. The number of nitrogens with one attached hydrogen (secondary N) is 2. The fourth-order valence-electron chi connectivity index (χ4n) is 4.46. The largest absolute Gasteiger partial charge is 0.505 e. The van der Waals surface area contributed by atoms with Crippen molar-refractivity contribution in [3.8, 4) is 28.3 Å². The van der Waals surface area contributed by atoms with E-state index in [1.165, 1.54) is 5.01 Å². The number of carbonyl (C=O) groups excluding carboxylic acids is 1. The van der Waals surface area contributed by atoms with Gasteiger partial charge in [0, 0.05) is 36.1 Å². The van der Waals surface area contributed by atoms with Gasteiger partial charge in [0.2, 0.25) is 0 Å². The Balaban J connectivity index is 1.35. The average Bonchev–Trinajstić information content (AvgIpc) is 3.71. The zero-order valence-electron chi connectivity index (χ0n) is 22.0. The minimum absolute atomic E-state index is 0.0191. The summed E-state index contributed by atoms with van der Waals surface area (Å²) in [5.74, 6) is 0.121. The van der Waals surface area contributed by atoms with Gasteiger partial charge in [0.25, 0.3) is 0 Å². The molecule has 0 spiro atoms. The third kappa shape index (κ3) is 4.49. The Morgan fingerprint density at radius 3 is 2.52 bits per heavy atom. The summed E-state index contributed by atoms with van der Waals surface area (Å²) in [6.45, 7) is 4.01. The van der Waals surface area contributed by atoms with Crippen LogP contribution in [0.15, 0.2) is 89.3 Å². The van der Waals surface area contributed by atoms with Crippen molar-refractivity contribution in [2.24, 2.45) is 17.3 Å². The number of hydrogen-bond donors (Lipinski definition) is 3. The molecular weight excluding hydrogens is 506 g/mol. The summed E-state index contributed by atoms with van der Waals surface area (Å²) in [6, 6.07) is 20.4. The van der Waals surface area contributed by atoms with E-state index >= 15 is 0 Å². The summed E-state index contributed by atoms with van der Waals surface area (Å²) in [5, 5.41) is 35.6. The first-order chi connectivity index (χ1) is 19.4. The molecule has 3 N–H and O–H groups in total. The van der Waals surface area contributed by atoms with E-state index in [1.807, 2.05) is 86.4 Å². The minimum Gasteiger partial charge on any atom is -0.505 e. The van der Waals surface area contributed by atoms with Crippen LogP contribution in [0.25, 0.3) is 22.5 Å². The number of aryl methyl sites for hydroxylation is 3. The number of tetrazole rings is 1. The standard InChI is InChI=1S/C29H25N9O2/c1-17-10-11-22(14-18(17)2)38-29(40)26(25(34-38)21-12-13-37(3)16-21)31-30-24-9-5-8-23(27(24)39)19-6-4-7-20(15-19)28-32-35-36-33-28/h4-16,30,39H,1-3H3,(H,32,33,35,36)/b31-26-. The lowest BCUT2D eigenvalue weighted by Gasteiger charge is -2.13. The van der Waals surface area contributed by atoms with Crippen molar-refractivity contribution in [1.82, 2.24) is 25.2 Å². The number of benzene rings is 3. The smallest absolute Gasteiger partial charge is 0.301 e. The molecule has 11 heteroatoms. The molecule has 1 aliphatic rings. The van der Waals surface area contributed by atoms with Crippen LogP contribution < -0.4 is 10.4 Å². The first kappa shape index (κ1) is 24.7. The van der Waals surface area contributed by atoms with Crippen molar-refractivity contribution >= 4 is 28.7 Å². The summed E-state index contributed by atoms with van der Waals surface area (Å²) in [7, 11) is 1.90. The van der Waals surface area contributed by atoms with Gasteiger partial charge in [-0.15, -0.1) is 5.10 Å². The molecule has 198 valence electrons. The van der Waals surface area contributed by atoms with Crippen LogP contribution in [-0.4, -0.2) is 47.6 Å². The molecular formula is C29H25N9O2. The maximum absolute atomic E-state index is 13.6. The molecule has 2 aromatic heterocycles. The summed E-state index contributed by atoms with van der Waals surface area (Å²) in [6.07, 6.45) is 3.75. The Morgan fingerprint density at radius 2 is 1.77 bits per heavy atom. The van der Waals surface area contributed by atoms with Gasteiger partial charge in [-0.1, -0.05) is 36.4 Å². The Morgan fingerprint density at radius 1 is 0.950 bits per heavy atom. The second kappa shape index (κ2) is 9.95. The van der Waals surface area contributed by atoms with Gasteiger partial charge in [0.1, 0.15) is 11.5 Å². The number of anilines is 2. The molecule has 5 aromatic rings. The Bertz CT molecular complexity index is 1800. The van der Waals surface area contributed by atoms with Gasteiger partial charge in [0.15, 0.2) is 11.5 Å². The molecule has 0 fully saturated rings. The highest BCUT2D eigenvalue weighted by molar-refractivity contribution is 6.74. The number of carbonyl (C=O) groups is 1. The molecule has 3 aromatic carbocycles. The maximum atomic E-state index is 13.6. The lowest BCUT2D eigenvalue weighted by atomic mass is 10.0. The van der Waals surface area contributed by atoms with E-state index in [4.69, 9.17) is 0 Å². The van der Waals surface area contributed by atoms with Gasteiger partial charge < -0.3 is 9.67 Å². The molecule has 0 bridgehead atoms. The highest BCUT2D eigenvalue weighted by atomic mass is 16.3. The van der Waals surface area contributed by atoms with Crippen molar-refractivity contribution in [3.05, 3.63) is 95.8 Å². The van der Waals surface area contributed by atoms with Gasteiger partial charge in [-0.3, -0.25) is 10.2 Å². The average molecular weight is 532 g/mol. The van der Waals surface area contributed by atoms with Crippen LogP contribution in [0, 0.1) is 13.8 Å². The molecule has 0 saturated heterocycles. The molecule has 1 aliphatic heterocycles. The number of phenols is 1. The molecule has 0 atom stereocenters. The quantitative estimate of drug-likeness (QED) is 0.219. The maximum Gasteiger partial charge on any atom is 0.301 e. The van der Waals surface area contributed by atoms with E-state index in [9.17, 15) is 9.90 Å². The van der Waals surface area contributed by atoms with Crippen molar-refractivity contribution in [3.63, 3.8) is 0 Å². The van der Waals surface area contributed by atoms with Crippen molar-refractivity contribution in [2.45, 2.75) is 13.8 Å². The minimum atomic E-state index is -0.376. The zero-order chi connectivity index (χ0) is 27.8. The number of para-hydroxylation sites is 1. The number of aromatic nitrogens is 5. The van der Waals surface area contributed by atoms with Crippen molar-refractivity contribution in [2.75, 3.05) is 10.4 Å². The Hall–Kier alpha value is -5.58. The normalized spacial score (nSPS) is 14.2. The predicted octanol–water partition coefficient (Wildman–Crippen LogP) is 4.41. The van der Waals surface area contributed by atoms with Crippen LogP contribution in [0.2, 0.25) is 0 Å². The fourth-order valence-corrected chi connectivity index (χ4v) is 4.46. The van der Waals surface area contributed by atoms with Gasteiger partial charge in [0.05, 0.1) is 11.4 Å². The van der Waals surface area contributed by atoms with Crippen LogP contribution >= 0.6 is 0 Å². The van der Waals surface area contributed by atoms with E-state index in [0.717, 1.165) is 27.8 Å². The third-order valence-electron chi connectivity index (χ3n) is 6.78. The second-order valence-corrected chi connectivity index (χ2v) is 9.50. The highest BCUT2D eigenvalue weighted by Crippen LogP contribution is 2.36. The molecule has 0 unspecified atom stereocenters. The van der Waals surface area contributed by atoms with Crippen LogP contribution in [0.1, 0.15) is 16.7 Å². The number of H-pyrrole nitrogens is 1. The lowest BCUT2D eigenvalue weighted by Crippen LogP contribution is -2.28. The first-order valence-electron chi connectivity index (χ1n) is 12.5. The van der Waals surface area contributed by atoms with Gasteiger partial charge in [-0.05, 0) is 71.3 Å². The molecule has 3 heterocycles. The number of aromatic amines is 1. The van der Waals surface area contributed by atoms with Gasteiger partial charge in [-0.2, -0.15) is 15.2 Å². The van der Waals surface area contributed by atoms with Gasteiger partial charge in [-0.25, -0.2) is 5.10 Å². The zero-order valence-corrected chi connectivity index (χ0v) is 22.0. The van der Waals surface area contributed by atoms with E-state index in [-0.39, 0.29) is 17.4 Å². The molecule has 11 nitrogen and oxygen atoms in total. The monoisotopic (exact) mass is 531 g/mol. The topological polar surface area (TPSA) is 137 Å². The number of nitrogens with zero attached hydrogens (tertiary/aromatic N) is 7. The van der Waals surface area contributed by atoms with E-state index in [1.54, 1.807) is 18.2 Å². The summed E-state index contributed by atoms with van der Waals surface area (Å²) >= 11 is 0. The van der Waals surface area contributed by atoms with E-state index < -0.39 is 0 Å². The SMILES string of the molecule is Cc1ccc(N2N=C(c3ccn(C)c3)/C(=N/Nc3cccc(-c4cccc(-c5nnn[nH]5)c4)c3O)C2=O)cc1C. The molecule has 0 saturated carbocycles. The number of hydrazone groups is 2. The predicted molar refractivity (Wildman–Crippen MR) is 153 cm³/mol. The molecule has 40 heavy (non-hydrogen) atoms. The number of amides is 1. The van der Waals surface area contributed by atoms with Crippen LogP contribution in [-0.2, 0) is 11.8 Å². The summed E-state index contributed by atoms with van der Waals surface area (Å²) in [4.78, 5) is 13.6. The van der Waals surface area contributed by atoms with E-state index in [0.29, 0.717) is 28.5 Å². The van der Waals surface area contributed by atoms with E-state index in [2.05, 4.69) is 36.3 Å². The first-order valence-corrected chi connectivity index (χ1v) is 12.5. The number of phenolic OH excluding ortho intramolecular Hbond substituents is 1. The molecule has 6 rings (SSSR count). The number of hydrogen-bond acceptors (Lipinski definition) is 8. The van der Waals surface area contributed by atoms with Crippen molar-refractivity contribution < 1.29 is 9.90 Å². The van der Waals surface area contributed by atoms with Crippen LogP contribution in [0.3, 0.4) is 0 Å². The fraction of sp³-hybridized carbons (Fsp3) is 0.103. The number of rotatable bonds is 6. The number of aromatic hydroxyl groups is 1. The Kier molecular flexibility index (Phi) is 6.15. The molecule has 1 amide bonds. The lowest BCUT2D eigenvalue weighted by molar-refractivity contribution is -0.112. The summed E-state index contributed by atoms with van der Waals surface area (Å²) in [5.41, 5.74) is 9.48. The highest BCUT2D eigenvalue weighted by Gasteiger charge is 2.34. The summed E-state index contributed by atoms with van der Waals surface area (Å²) < 4.78 is 1.88. The van der Waals surface area contributed by atoms with Crippen LogP contribution in [0.4, 0.5) is 11.4 Å². The molecule has 0 radical (unpaired) electrons. The Labute approximate surface area is 229 Å². The van der Waals surface area contributed by atoms with Crippen molar-refractivity contribution in [1.29, 1.82) is 0 Å². The second-order valence-electron chi connectivity index (χ2n) is 9.50.